The van der Waals surface area contributed by atoms with Crippen molar-refractivity contribution in [1.29, 1.82) is 0 Å². The summed E-state index contributed by atoms with van der Waals surface area (Å²) in [6.07, 6.45) is 5.80. The SMILES string of the molecule is CC(=O)CCCC1CCN(C(C)C)CC1. The molecule has 1 rings (SSSR count). The highest BCUT2D eigenvalue weighted by Gasteiger charge is 2.20. The standard InChI is InChI=1S/C13H25NO/c1-11(2)14-9-7-13(8-10-14)6-4-5-12(3)15/h11,13H,4-10H2,1-3H3. The van der Waals surface area contributed by atoms with Gasteiger partial charge < -0.3 is 9.69 Å². The Balaban J connectivity index is 2.12. The highest BCUT2D eigenvalue weighted by molar-refractivity contribution is 5.75. The topological polar surface area (TPSA) is 20.3 Å². The molecule has 0 aromatic heterocycles. The summed E-state index contributed by atoms with van der Waals surface area (Å²) in [6.45, 7) is 8.75. The second-order valence-corrected chi connectivity index (χ2v) is 5.17. The van der Waals surface area contributed by atoms with Crippen LogP contribution in [0.15, 0.2) is 0 Å². The van der Waals surface area contributed by atoms with Gasteiger partial charge in [-0.05, 0) is 65.5 Å². The highest BCUT2D eigenvalue weighted by Crippen LogP contribution is 2.23. The summed E-state index contributed by atoms with van der Waals surface area (Å²) < 4.78 is 0. The Kier molecular flexibility index (Phi) is 5.30. The molecule has 0 radical (unpaired) electrons. The number of carbonyl (C=O) groups is 1. The molecule has 0 aromatic rings. The Morgan fingerprint density at radius 3 is 2.40 bits per heavy atom. The van der Waals surface area contributed by atoms with Crippen molar-refractivity contribution < 1.29 is 4.79 Å². The first-order valence-corrected chi connectivity index (χ1v) is 6.33. The molecule has 1 fully saturated rings. The van der Waals surface area contributed by atoms with Crippen molar-refractivity contribution in [2.24, 2.45) is 5.92 Å². The average Bonchev–Trinajstić information content (AvgIpc) is 2.18. The van der Waals surface area contributed by atoms with Gasteiger partial charge in [-0.25, -0.2) is 0 Å². The molecule has 0 N–H and O–H groups in total. The van der Waals surface area contributed by atoms with Crippen molar-refractivity contribution in [2.45, 2.75) is 58.9 Å². The number of ketones is 1. The second-order valence-electron chi connectivity index (χ2n) is 5.17. The predicted molar refractivity (Wildman–Crippen MR) is 64.0 cm³/mol. The first kappa shape index (κ1) is 12.7. The molecule has 0 spiro atoms. The van der Waals surface area contributed by atoms with E-state index in [1.54, 1.807) is 6.92 Å². The maximum Gasteiger partial charge on any atom is 0.129 e. The number of rotatable bonds is 5. The minimum atomic E-state index is 0.342. The summed E-state index contributed by atoms with van der Waals surface area (Å²) >= 11 is 0. The summed E-state index contributed by atoms with van der Waals surface area (Å²) in [5.41, 5.74) is 0. The van der Waals surface area contributed by atoms with Crippen molar-refractivity contribution in [1.82, 2.24) is 4.90 Å². The Labute approximate surface area is 94.0 Å². The fourth-order valence-corrected chi connectivity index (χ4v) is 2.40. The number of Topliss-reactive ketones (excluding diaryl/α,β-unsaturated/α-hetero) is 1. The fraction of sp³-hybridized carbons (Fsp3) is 0.923. The minimum Gasteiger partial charge on any atom is -0.301 e. The second kappa shape index (κ2) is 6.26. The van der Waals surface area contributed by atoms with Crippen molar-refractivity contribution in [3.63, 3.8) is 0 Å². The van der Waals surface area contributed by atoms with Gasteiger partial charge in [0.05, 0.1) is 0 Å². The van der Waals surface area contributed by atoms with Crippen LogP contribution in [0.2, 0.25) is 0 Å². The van der Waals surface area contributed by atoms with E-state index < -0.39 is 0 Å². The molecule has 88 valence electrons. The van der Waals surface area contributed by atoms with E-state index in [0.29, 0.717) is 11.8 Å². The van der Waals surface area contributed by atoms with E-state index in [4.69, 9.17) is 0 Å². The van der Waals surface area contributed by atoms with Gasteiger partial charge in [-0.1, -0.05) is 0 Å². The molecular formula is C13H25NO. The van der Waals surface area contributed by atoms with Crippen molar-refractivity contribution in [3.05, 3.63) is 0 Å². The van der Waals surface area contributed by atoms with Crippen molar-refractivity contribution >= 4 is 5.78 Å². The van der Waals surface area contributed by atoms with Crippen LogP contribution in [0.5, 0.6) is 0 Å². The molecule has 1 aliphatic heterocycles. The van der Waals surface area contributed by atoms with Crippen molar-refractivity contribution in [2.75, 3.05) is 13.1 Å². The van der Waals surface area contributed by atoms with Gasteiger partial charge in [-0.2, -0.15) is 0 Å². The largest absolute Gasteiger partial charge is 0.301 e. The Morgan fingerprint density at radius 1 is 1.33 bits per heavy atom. The number of likely N-dealkylation sites (tertiary alicyclic amines) is 1. The third-order valence-electron chi connectivity index (χ3n) is 3.52. The molecule has 0 unspecified atom stereocenters. The molecule has 0 amide bonds. The Bertz CT molecular complexity index is 193. The van der Waals surface area contributed by atoms with Crippen LogP contribution in [0.25, 0.3) is 0 Å². The number of carbonyl (C=O) groups excluding carboxylic acids is 1. The summed E-state index contributed by atoms with van der Waals surface area (Å²) in [4.78, 5) is 13.4. The molecule has 1 saturated heterocycles. The zero-order chi connectivity index (χ0) is 11.3. The quantitative estimate of drug-likeness (QED) is 0.697. The van der Waals surface area contributed by atoms with E-state index in [2.05, 4.69) is 18.7 Å². The van der Waals surface area contributed by atoms with Gasteiger partial charge in [0, 0.05) is 12.5 Å². The smallest absolute Gasteiger partial charge is 0.129 e. The number of hydrogen-bond donors (Lipinski definition) is 0. The molecule has 0 saturated carbocycles. The van der Waals surface area contributed by atoms with Gasteiger partial charge in [0.15, 0.2) is 0 Å². The third kappa shape index (κ3) is 4.78. The first-order valence-electron chi connectivity index (χ1n) is 6.33. The molecule has 0 atom stereocenters. The van der Waals surface area contributed by atoms with E-state index in [1.807, 2.05) is 0 Å². The maximum absolute atomic E-state index is 10.8. The predicted octanol–water partition coefficient (Wildman–Crippen LogP) is 2.87. The van der Waals surface area contributed by atoms with Crippen LogP contribution in [-0.2, 0) is 4.79 Å². The van der Waals surface area contributed by atoms with Crippen LogP contribution in [0, 0.1) is 5.92 Å². The summed E-state index contributed by atoms with van der Waals surface area (Å²) in [5, 5.41) is 0. The fourth-order valence-electron chi connectivity index (χ4n) is 2.40. The van der Waals surface area contributed by atoms with E-state index in [1.165, 1.54) is 32.4 Å². The van der Waals surface area contributed by atoms with Gasteiger partial charge in [-0.15, -0.1) is 0 Å². The summed E-state index contributed by atoms with van der Waals surface area (Å²) in [6, 6.07) is 0.697. The highest BCUT2D eigenvalue weighted by atomic mass is 16.1. The van der Waals surface area contributed by atoms with Gasteiger partial charge in [0.25, 0.3) is 0 Å². The van der Waals surface area contributed by atoms with Gasteiger partial charge in [-0.3, -0.25) is 0 Å². The first-order chi connectivity index (χ1) is 7.09. The number of nitrogens with zero attached hydrogens (tertiary/aromatic N) is 1. The van der Waals surface area contributed by atoms with Crippen LogP contribution in [0.1, 0.15) is 52.9 Å². The van der Waals surface area contributed by atoms with Crippen LogP contribution in [0.3, 0.4) is 0 Å². The summed E-state index contributed by atoms with van der Waals surface area (Å²) in [7, 11) is 0. The molecule has 0 aliphatic carbocycles. The molecule has 2 nitrogen and oxygen atoms in total. The lowest BCUT2D eigenvalue weighted by molar-refractivity contribution is -0.117. The minimum absolute atomic E-state index is 0.342. The van der Waals surface area contributed by atoms with Gasteiger partial charge in [0.1, 0.15) is 5.78 Å². The van der Waals surface area contributed by atoms with E-state index in [-0.39, 0.29) is 0 Å². The van der Waals surface area contributed by atoms with E-state index in [9.17, 15) is 4.79 Å². The lowest BCUT2D eigenvalue weighted by Gasteiger charge is -2.34. The Morgan fingerprint density at radius 2 is 1.93 bits per heavy atom. The summed E-state index contributed by atoms with van der Waals surface area (Å²) in [5.74, 6) is 1.22. The van der Waals surface area contributed by atoms with Crippen LogP contribution >= 0.6 is 0 Å². The Hall–Kier alpha value is -0.370. The monoisotopic (exact) mass is 211 g/mol. The lowest BCUT2D eigenvalue weighted by Crippen LogP contribution is -2.38. The number of hydrogen-bond acceptors (Lipinski definition) is 2. The van der Waals surface area contributed by atoms with Gasteiger partial charge >= 0.3 is 0 Å². The molecule has 1 heterocycles. The van der Waals surface area contributed by atoms with Crippen LogP contribution < -0.4 is 0 Å². The van der Waals surface area contributed by atoms with E-state index in [0.717, 1.165) is 18.8 Å². The molecule has 15 heavy (non-hydrogen) atoms. The lowest BCUT2D eigenvalue weighted by atomic mass is 9.91. The molecule has 0 bridgehead atoms. The molecule has 2 heteroatoms. The number of piperidine rings is 1. The van der Waals surface area contributed by atoms with Gasteiger partial charge in [0.2, 0.25) is 0 Å². The normalized spacial score (nSPS) is 19.7. The van der Waals surface area contributed by atoms with E-state index >= 15 is 0 Å². The molecule has 0 aromatic carbocycles. The average molecular weight is 211 g/mol. The zero-order valence-electron chi connectivity index (χ0n) is 10.5. The maximum atomic E-state index is 10.8. The molecular weight excluding hydrogens is 186 g/mol. The molecule has 1 aliphatic rings. The zero-order valence-corrected chi connectivity index (χ0v) is 10.5. The van der Waals surface area contributed by atoms with Crippen LogP contribution in [-0.4, -0.2) is 29.8 Å². The van der Waals surface area contributed by atoms with Crippen LogP contribution in [0.4, 0.5) is 0 Å². The third-order valence-corrected chi connectivity index (χ3v) is 3.52. The van der Waals surface area contributed by atoms with Crippen molar-refractivity contribution in [3.8, 4) is 0 Å².